The third-order valence-electron chi connectivity index (χ3n) is 4.10. The van der Waals surface area contributed by atoms with Gasteiger partial charge in [-0.1, -0.05) is 18.2 Å². The molecule has 5 heteroatoms. The van der Waals surface area contributed by atoms with E-state index in [1.807, 2.05) is 59.5 Å². The summed E-state index contributed by atoms with van der Waals surface area (Å²) in [6, 6.07) is 16.7. The van der Waals surface area contributed by atoms with Crippen LogP contribution < -0.4 is 9.47 Å². The molecule has 0 aliphatic carbocycles. The number of para-hydroxylation sites is 1. The molecular weight excluding hydrogens is 306 g/mol. The summed E-state index contributed by atoms with van der Waals surface area (Å²) in [6.07, 6.45) is 1.66. The molecule has 1 unspecified atom stereocenters. The van der Waals surface area contributed by atoms with Crippen molar-refractivity contribution in [1.29, 1.82) is 0 Å². The van der Waals surface area contributed by atoms with Crippen molar-refractivity contribution in [3.05, 3.63) is 54.6 Å². The number of hydrogen-bond donors (Lipinski definition) is 1. The highest BCUT2D eigenvalue weighted by Gasteiger charge is 2.29. The first kappa shape index (κ1) is 16.3. The van der Waals surface area contributed by atoms with Crippen molar-refractivity contribution < 1.29 is 19.4 Å². The van der Waals surface area contributed by atoms with Gasteiger partial charge in [0, 0.05) is 6.54 Å². The van der Waals surface area contributed by atoms with E-state index in [0.29, 0.717) is 13.2 Å². The summed E-state index contributed by atoms with van der Waals surface area (Å²) in [6.45, 7) is 1.92. The highest BCUT2D eigenvalue weighted by Crippen LogP contribution is 2.23. The fraction of sp³-hybridized carbons (Fsp3) is 0.316. The average molecular weight is 327 g/mol. The second kappa shape index (κ2) is 7.84. The van der Waals surface area contributed by atoms with Gasteiger partial charge in [-0.25, -0.2) is 0 Å². The first-order valence-electron chi connectivity index (χ1n) is 8.15. The molecule has 0 saturated carbocycles. The van der Waals surface area contributed by atoms with Crippen LogP contribution in [0.4, 0.5) is 0 Å². The van der Waals surface area contributed by atoms with E-state index >= 15 is 0 Å². The predicted octanol–water partition coefficient (Wildman–Crippen LogP) is 3.41. The molecule has 2 aromatic carbocycles. The van der Waals surface area contributed by atoms with Gasteiger partial charge >= 0.3 is 5.97 Å². The zero-order chi connectivity index (χ0) is 16.8. The summed E-state index contributed by atoms with van der Waals surface area (Å²) in [5.74, 6) is 1.55. The fourth-order valence-electron chi connectivity index (χ4n) is 2.88. The average Bonchev–Trinajstić information content (AvgIpc) is 3.06. The van der Waals surface area contributed by atoms with Crippen LogP contribution >= 0.6 is 0 Å². The van der Waals surface area contributed by atoms with E-state index in [0.717, 1.165) is 36.6 Å². The van der Waals surface area contributed by atoms with Crippen LogP contribution in [0.1, 0.15) is 12.8 Å². The number of aliphatic carboxylic acids is 1. The molecule has 1 fully saturated rings. The number of hydrogen-bond acceptors (Lipinski definition) is 4. The molecule has 0 bridgehead atoms. The Morgan fingerprint density at radius 3 is 2.42 bits per heavy atom. The van der Waals surface area contributed by atoms with Gasteiger partial charge in [-0.2, -0.15) is 0 Å². The summed E-state index contributed by atoms with van der Waals surface area (Å²) in [4.78, 5) is 13.1. The Balaban J connectivity index is 1.47. The lowest BCUT2D eigenvalue weighted by molar-refractivity contribution is -0.142. The van der Waals surface area contributed by atoms with Crippen LogP contribution in [-0.2, 0) is 4.79 Å². The summed E-state index contributed by atoms with van der Waals surface area (Å²) >= 11 is 0. The Labute approximate surface area is 141 Å². The highest BCUT2D eigenvalue weighted by molar-refractivity contribution is 5.73. The zero-order valence-electron chi connectivity index (χ0n) is 13.4. The SMILES string of the molecule is O=C(O)C1CCCN1CCOc1ccc(Oc2ccccc2)cc1. The van der Waals surface area contributed by atoms with Crippen LogP contribution in [0.25, 0.3) is 0 Å². The van der Waals surface area contributed by atoms with E-state index in [1.54, 1.807) is 0 Å². The second-order valence-electron chi connectivity index (χ2n) is 5.77. The topological polar surface area (TPSA) is 59.0 Å². The van der Waals surface area contributed by atoms with Gasteiger partial charge in [0.1, 0.15) is 29.9 Å². The van der Waals surface area contributed by atoms with Crippen LogP contribution in [0, 0.1) is 0 Å². The van der Waals surface area contributed by atoms with Crippen molar-refractivity contribution in [1.82, 2.24) is 4.90 Å². The van der Waals surface area contributed by atoms with Gasteiger partial charge in [-0.3, -0.25) is 9.69 Å². The highest BCUT2D eigenvalue weighted by atomic mass is 16.5. The number of ether oxygens (including phenoxy) is 2. The van der Waals surface area contributed by atoms with Gasteiger partial charge < -0.3 is 14.6 Å². The predicted molar refractivity (Wildman–Crippen MR) is 90.7 cm³/mol. The van der Waals surface area contributed by atoms with Crippen molar-refractivity contribution in [3.8, 4) is 17.2 Å². The molecule has 2 aromatic rings. The van der Waals surface area contributed by atoms with Crippen LogP contribution in [0.2, 0.25) is 0 Å². The van der Waals surface area contributed by atoms with E-state index in [9.17, 15) is 4.79 Å². The number of rotatable bonds is 7. The molecule has 126 valence electrons. The standard InChI is InChI=1S/C19H21NO4/c21-19(22)18-7-4-12-20(18)13-14-23-15-8-10-17(11-9-15)24-16-5-2-1-3-6-16/h1-3,5-6,8-11,18H,4,7,12-14H2,(H,21,22). The van der Waals surface area contributed by atoms with Crippen molar-refractivity contribution >= 4 is 5.97 Å². The van der Waals surface area contributed by atoms with E-state index in [-0.39, 0.29) is 6.04 Å². The number of carboxylic acids is 1. The molecule has 0 radical (unpaired) electrons. The van der Waals surface area contributed by atoms with Crippen molar-refractivity contribution in [3.63, 3.8) is 0 Å². The minimum atomic E-state index is -0.741. The minimum Gasteiger partial charge on any atom is -0.492 e. The number of nitrogens with zero attached hydrogens (tertiary/aromatic N) is 1. The van der Waals surface area contributed by atoms with Crippen LogP contribution in [0.3, 0.4) is 0 Å². The molecule has 1 heterocycles. The lowest BCUT2D eigenvalue weighted by Crippen LogP contribution is -2.38. The molecule has 1 aliphatic rings. The third-order valence-corrected chi connectivity index (χ3v) is 4.10. The molecule has 0 aromatic heterocycles. The Bertz CT molecular complexity index is 657. The number of likely N-dealkylation sites (tertiary alicyclic amines) is 1. The number of benzene rings is 2. The molecule has 1 aliphatic heterocycles. The largest absolute Gasteiger partial charge is 0.492 e. The Morgan fingerprint density at radius 2 is 1.71 bits per heavy atom. The quantitative estimate of drug-likeness (QED) is 0.844. The molecule has 5 nitrogen and oxygen atoms in total. The maximum Gasteiger partial charge on any atom is 0.320 e. The molecule has 24 heavy (non-hydrogen) atoms. The van der Waals surface area contributed by atoms with Gasteiger partial charge in [0.05, 0.1) is 0 Å². The summed E-state index contributed by atoms with van der Waals surface area (Å²) in [7, 11) is 0. The van der Waals surface area contributed by atoms with Crippen molar-refractivity contribution in [2.45, 2.75) is 18.9 Å². The van der Waals surface area contributed by atoms with E-state index < -0.39 is 5.97 Å². The van der Waals surface area contributed by atoms with E-state index in [2.05, 4.69) is 0 Å². The molecule has 1 atom stereocenters. The van der Waals surface area contributed by atoms with Gasteiger partial charge in [0.25, 0.3) is 0 Å². The molecular formula is C19H21NO4. The number of carboxylic acid groups (broad SMARTS) is 1. The first-order chi connectivity index (χ1) is 11.7. The van der Waals surface area contributed by atoms with Crippen LogP contribution in [0.15, 0.2) is 54.6 Å². The monoisotopic (exact) mass is 327 g/mol. The maximum atomic E-state index is 11.1. The van der Waals surface area contributed by atoms with E-state index in [4.69, 9.17) is 14.6 Å². The Hall–Kier alpha value is -2.53. The summed E-state index contributed by atoms with van der Waals surface area (Å²) in [5, 5.41) is 9.16. The van der Waals surface area contributed by atoms with Gasteiger partial charge in [0.15, 0.2) is 0 Å². The van der Waals surface area contributed by atoms with Gasteiger partial charge in [-0.15, -0.1) is 0 Å². The van der Waals surface area contributed by atoms with Crippen LogP contribution in [0.5, 0.6) is 17.2 Å². The molecule has 0 amide bonds. The lowest BCUT2D eigenvalue weighted by Gasteiger charge is -2.20. The van der Waals surface area contributed by atoms with Crippen molar-refractivity contribution in [2.24, 2.45) is 0 Å². The van der Waals surface area contributed by atoms with Crippen LogP contribution in [-0.4, -0.2) is 41.7 Å². The maximum absolute atomic E-state index is 11.1. The lowest BCUT2D eigenvalue weighted by atomic mass is 10.2. The van der Waals surface area contributed by atoms with Gasteiger partial charge in [0.2, 0.25) is 0 Å². The zero-order valence-corrected chi connectivity index (χ0v) is 13.4. The Morgan fingerprint density at radius 1 is 1.04 bits per heavy atom. The fourth-order valence-corrected chi connectivity index (χ4v) is 2.88. The summed E-state index contributed by atoms with van der Waals surface area (Å²) < 4.78 is 11.4. The Kier molecular flexibility index (Phi) is 5.33. The number of carbonyl (C=O) groups is 1. The van der Waals surface area contributed by atoms with E-state index in [1.165, 1.54) is 0 Å². The summed E-state index contributed by atoms with van der Waals surface area (Å²) in [5.41, 5.74) is 0. The molecule has 1 N–H and O–H groups in total. The van der Waals surface area contributed by atoms with Crippen molar-refractivity contribution in [2.75, 3.05) is 19.7 Å². The molecule has 0 spiro atoms. The smallest absolute Gasteiger partial charge is 0.320 e. The van der Waals surface area contributed by atoms with Gasteiger partial charge in [-0.05, 0) is 55.8 Å². The first-order valence-corrected chi connectivity index (χ1v) is 8.15. The minimum absolute atomic E-state index is 0.366. The second-order valence-corrected chi connectivity index (χ2v) is 5.77. The normalized spacial score (nSPS) is 17.6. The molecule has 1 saturated heterocycles. The third kappa shape index (κ3) is 4.26. The molecule has 3 rings (SSSR count).